The van der Waals surface area contributed by atoms with Crippen molar-refractivity contribution in [2.24, 2.45) is 5.92 Å². The average molecular weight is 413 g/mol. The number of hydrogen-bond acceptors (Lipinski definition) is 5. The summed E-state index contributed by atoms with van der Waals surface area (Å²) >= 11 is 0. The number of nitrogens with one attached hydrogen (secondary N) is 1. The molecule has 1 aromatic heterocycles. The van der Waals surface area contributed by atoms with Crippen LogP contribution in [-0.2, 0) is 9.53 Å². The molecule has 2 heterocycles. The molecule has 1 aliphatic heterocycles. The lowest BCUT2D eigenvalue weighted by Gasteiger charge is -2.35. The summed E-state index contributed by atoms with van der Waals surface area (Å²) in [6.45, 7) is 9.83. The van der Waals surface area contributed by atoms with Gasteiger partial charge in [-0.15, -0.1) is 0 Å². The quantitative estimate of drug-likeness (QED) is 0.750. The van der Waals surface area contributed by atoms with Crippen LogP contribution < -0.4 is 10.1 Å². The Morgan fingerprint density at radius 3 is 2.38 bits per heavy atom. The van der Waals surface area contributed by atoms with Gasteiger partial charge in [-0.3, -0.25) is 4.79 Å². The zero-order valence-corrected chi connectivity index (χ0v) is 17.5. The molecule has 0 spiro atoms. The van der Waals surface area contributed by atoms with Gasteiger partial charge in [0, 0.05) is 32.0 Å². The molecule has 0 unspecified atom stereocenters. The number of rotatable bonds is 5. The van der Waals surface area contributed by atoms with E-state index in [1.165, 1.54) is 0 Å². The van der Waals surface area contributed by atoms with Crippen LogP contribution >= 0.6 is 0 Å². The number of amides is 2. The van der Waals surface area contributed by atoms with Crippen LogP contribution in [0.2, 0.25) is 0 Å². The van der Waals surface area contributed by atoms with Crippen molar-refractivity contribution >= 4 is 12.0 Å². The number of pyridine rings is 1. The van der Waals surface area contributed by atoms with E-state index in [2.05, 4.69) is 10.3 Å². The molecule has 9 heteroatoms. The number of piperidine rings is 1. The predicted octanol–water partition coefficient (Wildman–Crippen LogP) is 3.28. The molecule has 0 radical (unpaired) electrons. The molecule has 1 atom stereocenters. The number of ether oxygens (including phenoxy) is 2. The highest BCUT2D eigenvalue weighted by molar-refractivity contribution is 5.86. The highest BCUT2D eigenvalue weighted by Gasteiger charge is 2.33. The summed E-state index contributed by atoms with van der Waals surface area (Å²) in [6.07, 6.45) is 1.33. The number of aromatic nitrogens is 1. The van der Waals surface area contributed by atoms with Crippen molar-refractivity contribution in [2.45, 2.75) is 65.2 Å². The summed E-state index contributed by atoms with van der Waals surface area (Å²) in [5, 5.41) is 2.66. The van der Waals surface area contributed by atoms with Gasteiger partial charge in [0.1, 0.15) is 23.5 Å². The number of hydrogen-bond donors (Lipinski definition) is 1. The van der Waals surface area contributed by atoms with Crippen molar-refractivity contribution in [3.05, 3.63) is 24.0 Å². The van der Waals surface area contributed by atoms with Crippen LogP contribution in [0.1, 0.15) is 47.5 Å². The molecule has 0 aromatic carbocycles. The van der Waals surface area contributed by atoms with Crippen LogP contribution in [0.5, 0.6) is 5.75 Å². The van der Waals surface area contributed by atoms with E-state index in [9.17, 15) is 18.4 Å². The normalized spacial score (nSPS) is 16.5. The standard InChI is InChI=1S/C20H29F2N3O4/c1-12(2)16(24-19(27)29-20(3,4)5)18(26)25-8-6-13(7-9-25)28-14-10-15(21)17(22)23-11-14/h10-13,16H,6-9H2,1-5H3,(H,24,27)/t16-/m0/s1. The van der Waals surface area contributed by atoms with E-state index in [1.54, 1.807) is 25.7 Å². The Hall–Kier alpha value is -2.45. The molecule has 1 N–H and O–H groups in total. The molecule has 0 aliphatic carbocycles. The highest BCUT2D eigenvalue weighted by Crippen LogP contribution is 2.21. The number of halogens is 2. The summed E-state index contributed by atoms with van der Waals surface area (Å²) in [4.78, 5) is 30.0. The lowest BCUT2D eigenvalue weighted by Crippen LogP contribution is -2.54. The number of alkyl carbamates (subject to hydrolysis) is 1. The summed E-state index contributed by atoms with van der Waals surface area (Å²) in [6, 6.07) is 0.261. The molecule has 1 fully saturated rings. The van der Waals surface area contributed by atoms with Crippen molar-refractivity contribution in [1.29, 1.82) is 0 Å². The minimum absolute atomic E-state index is 0.114. The predicted molar refractivity (Wildman–Crippen MR) is 102 cm³/mol. The van der Waals surface area contributed by atoms with Crippen molar-refractivity contribution < 1.29 is 27.8 Å². The Labute approximate surface area is 169 Å². The van der Waals surface area contributed by atoms with E-state index in [-0.39, 0.29) is 23.7 Å². The molecular weight excluding hydrogens is 384 g/mol. The van der Waals surface area contributed by atoms with Crippen molar-refractivity contribution in [3.63, 3.8) is 0 Å². The Morgan fingerprint density at radius 2 is 1.86 bits per heavy atom. The van der Waals surface area contributed by atoms with Crippen molar-refractivity contribution in [1.82, 2.24) is 15.2 Å². The van der Waals surface area contributed by atoms with Gasteiger partial charge in [-0.1, -0.05) is 13.8 Å². The van der Waals surface area contributed by atoms with Gasteiger partial charge in [-0.2, -0.15) is 4.39 Å². The minimum Gasteiger partial charge on any atom is -0.489 e. The molecule has 162 valence electrons. The smallest absolute Gasteiger partial charge is 0.408 e. The van der Waals surface area contributed by atoms with Crippen LogP contribution in [-0.4, -0.2) is 52.7 Å². The van der Waals surface area contributed by atoms with E-state index < -0.39 is 29.5 Å². The average Bonchev–Trinajstić information content (AvgIpc) is 2.61. The largest absolute Gasteiger partial charge is 0.489 e. The number of likely N-dealkylation sites (tertiary alicyclic amines) is 1. The third-order valence-electron chi connectivity index (χ3n) is 4.43. The molecule has 2 rings (SSSR count). The second kappa shape index (κ2) is 9.37. The summed E-state index contributed by atoms with van der Waals surface area (Å²) in [7, 11) is 0. The first-order valence-corrected chi connectivity index (χ1v) is 9.72. The number of carbonyl (C=O) groups excluding carboxylic acids is 2. The molecule has 2 amide bonds. The van der Waals surface area contributed by atoms with E-state index >= 15 is 0 Å². The van der Waals surface area contributed by atoms with E-state index in [1.807, 2.05) is 13.8 Å². The van der Waals surface area contributed by atoms with Crippen LogP contribution in [0.4, 0.5) is 13.6 Å². The third kappa shape index (κ3) is 6.83. The first kappa shape index (κ1) is 22.8. The number of nitrogens with zero attached hydrogens (tertiary/aromatic N) is 2. The lowest BCUT2D eigenvalue weighted by atomic mass is 10.0. The van der Waals surface area contributed by atoms with Crippen molar-refractivity contribution in [2.75, 3.05) is 13.1 Å². The Bertz CT molecular complexity index is 729. The fraction of sp³-hybridized carbons (Fsp3) is 0.650. The van der Waals surface area contributed by atoms with Gasteiger partial charge in [0.05, 0.1) is 6.20 Å². The fourth-order valence-corrected chi connectivity index (χ4v) is 3.00. The molecular formula is C20H29F2N3O4. The van der Waals surface area contributed by atoms with Gasteiger partial charge in [-0.05, 0) is 26.7 Å². The monoisotopic (exact) mass is 413 g/mol. The lowest BCUT2D eigenvalue weighted by molar-refractivity contribution is -0.136. The maximum atomic E-state index is 13.3. The second-order valence-electron chi connectivity index (χ2n) is 8.45. The maximum absolute atomic E-state index is 13.3. The van der Waals surface area contributed by atoms with E-state index in [0.29, 0.717) is 25.9 Å². The van der Waals surface area contributed by atoms with Crippen LogP contribution in [0, 0.1) is 17.7 Å². The SMILES string of the molecule is CC(C)[C@H](NC(=O)OC(C)(C)C)C(=O)N1CCC(Oc2cnc(F)c(F)c2)CC1. The topological polar surface area (TPSA) is 80.8 Å². The van der Waals surface area contributed by atoms with Crippen LogP contribution in [0.25, 0.3) is 0 Å². The van der Waals surface area contributed by atoms with Gasteiger partial charge in [0.25, 0.3) is 0 Å². The highest BCUT2D eigenvalue weighted by atomic mass is 19.2. The van der Waals surface area contributed by atoms with Crippen molar-refractivity contribution in [3.8, 4) is 5.75 Å². The molecule has 0 saturated carbocycles. The van der Waals surface area contributed by atoms with Gasteiger partial charge in [0.15, 0.2) is 5.82 Å². The summed E-state index contributed by atoms with van der Waals surface area (Å²) in [5.74, 6) is -2.38. The minimum atomic E-state index is -1.17. The molecule has 7 nitrogen and oxygen atoms in total. The Morgan fingerprint density at radius 1 is 1.24 bits per heavy atom. The Balaban J connectivity index is 1.91. The molecule has 1 aliphatic rings. The summed E-state index contributed by atoms with van der Waals surface area (Å²) in [5.41, 5.74) is -0.654. The molecule has 1 saturated heterocycles. The van der Waals surface area contributed by atoms with E-state index in [0.717, 1.165) is 12.3 Å². The van der Waals surface area contributed by atoms with Gasteiger partial charge >= 0.3 is 6.09 Å². The van der Waals surface area contributed by atoms with Crippen LogP contribution in [0.3, 0.4) is 0 Å². The third-order valence-corrected chi connectivity index (χ3v) is 4.43. The summed E-state index contributed by atoms with van der Waals surface area (Å²) < 4.78 is 37.1. The fourth-order valence-electron chi connectivity index (χ4n) is 3.00. The Kier molecular flexibility index (Phi) is 7.37. The zero-order valence-electron chi connectivity index (χ0n) is 17.5. The zero-order chi connectivity index (χ0) is 21.8. The molecule has 29 heavy (non-hydrogen) atoms. The molecule has 1 aromatic rings. The first-order chi connectivity index (χ1) is 13.5. The van der Waals surface area contributed by atoms with E-state index in [4.69, 9.17) is 9.47 Å². The van der Waals surface area contributed by atoms with Crippen LogP contribution in [0.15, 0.2) is 12.3 Å². The van der Waals surface area contributed by atoms with Gasteiger partial charge in [-0.25, -0.2) is 14.2 Å². The van der Waals surface area contributed by atoms with Gasteiger partial charge in [0.2, 0.25) is 11.9 Å². The second-order valence-corrected chi connectivity index (χ2v) is 8.45. The first-order valence-electron chi connectivity index (χ1n) is 9.72. The van der Waals surface area contributed by atoms with Gasteiger partial charge < -0.3 is 19.7 Å². The number of carbonyl (C=O) groups is 2. The molecule has 0 bridgehead atoms. The maximum Gasteiger partial charge on any atom is 0.408 e.